The van der Waals surface area contributed by atoms with Crippen LogP contribution in [0.1, 0.15) is 10.9 Å². The highest BCUT2D eigenvalue weighted by atomic mass is 35.5. The minimum atomic E-state index is -4.38. The second-order valence-corrected chi connectivity index (χ2v) is 5.36. The first-order valence-electron chi connectivity index (χ1n) is 5.10. The maximum atomic E-state index is 12.4. The number of carbonyl (C=O) groups excluding carboxylic acids is 1. The molecule has 0 saturated carbocycles. The Morgan fingerprint density at radius 3 is 2.50 bits per heavy atom. The lowest BCUT2D eigenvalue weighted by atomic mass is 10.2. The van der Waals surface area contributed by atoms with Crippen LogP contribution in [-0.4, -0.2) is 29.3 Å². The maximum absolute atomic E-state index is 12.4. The predicted molar refractivity (Wildman–Crippen MR) is 64.4 cm³/mol. The fourth-order valence-electron chi connectivity index (χ4n) is 1.72. The zero-order chi connectivity index (χ0) is 13.3. The number of alkyl halides is 3. The average molecular weight is 296 g/mol. The van der Waals surface area contributed by atoms with Crippen LogP contribution in [0.3, 0.4) is 0 Å². The molecule has 18 heavy (non-hydrogen) atoms. The van der Waals surface area contributed by atoms with E-state index in [-0.39, 0.29) is 5.75 Å². The van der Waals surface area contributed by atoms with E-state index in [1.807, 2.05) is 0 Å². The van der Waals surface area contributed by atoms with E-state index in [1.165, 1.54) is 11.8 Å². The van der Waals surface area contributed by atoms with Gasteiger partial charge in [0.15, 0.2) is 0 Å². The van der Waals surface area contributed by atoms with E-state index in [2.05, 4.69) is 0 Å². The van der Waals surface area contributed by atoms with Gasteiger partial charge in [0.05, 0.1) is 5.75 Å². The molecule has 0 N–H and O–H groups in total. The largest absolute Gasteiger partial charge is 0.406 e. The van der Waals surface area contributed by atoms with Crippen molar-refractivity contribution in [3.63, 3.8) is 0 Å². The zero-order valence-corrected chi connectivity index (χ0v) is 10.6. The van der Waals surface area contributed by atoms with Crippen molar-refractivity contribution in [2.24, 2.45) is 0 Å². The summed E-state index contributed by atoms with van der Waals surface area (Å²) < 4.78 is 37.2. The fraction of sp³-hybridized carbons (Fsp3) is 0.364. The van der Waals surface area contributed by atoms with Gasteiger partial charge in [-0.25, -0.2) is 0 Å². The van der Waals surface area contributed by atoms with Crippen LogP contribution in [-0.2, 0) is 4.79 Å². The molecule has 1 aromatic rings. The van der Waals surface area contributed by atoms with E-state index in [0.29, 0.717) is 10.6 Å². The van der Waals surface area contributed by atoms with E-state index in [0.717, 1.165) is 4.90 Å². The molecule has 1 aliphatic rings. The summed E-state index contributed by atoms with van der Waals surface area (Å²) in [5.74, 6) is -0.416. The molecule has 0 bridgehead atoms. The van der Waals surface area contributed by atoms with Gasteiger partial charge < -0.3 is 4.90 Å². The minimum Gasteiger partial charge on any atom is -0.317 e. The molecule has 98 valence electrons. The van der Waals surface area contributed by atoms with Crippen LogP contribution in [0.5, 0.6) is 0 Å². The fourth-order valence-corrected chi connectivity index (χ4v) is 3.04. The minimum absolute atomic E-state index is 0.0728. The molecule has 7 heteroatoms. The van der Waals surface area contributed by atoms with Crippen LogP contribution >= 0.6 is 23.4 Å². The molecule has 0 spiro atoms. The highest BCUT2D eigenvalue weighted by molar-refractivity contribution is 8.00. The van der Waals surface area contributed by atoms with E-state index < -0.39 is 24.0 Å². The van der Waals surface area contributed by atoms with E-state index in [4.69, 9.17) is 11.6 Å². The molecule has 2 nitrogen and oxygen atoms in total. The highest BCUT2D eigenvalue weighted by Crippen LogP contribution is 2.40. The smallest absolute Gasteiger partial charge is 0.317 e. The Morgan fingerprint density at radius 2 is 1.94 bits per heavy atom. The Balaban J connectivity index is 2.21. The van der Waals surface area contributed by atoms with Crippen molar-refractivity contribution in [2.45, 2.75) is 11.6 Å². The Kier molecular flexibility index (Phi) is 3.77. The van der Waals surface area contributed by atoms with Gasteiger partial charge in [-0.3, -0.25) is 4.79 Å². The van der Waals surface area contributed by atoms with Crippen molar-refractivity contribution < 1.29 is 18.0 Å². The summed E-state index contributed by atoms with van der Waals surface area (Å²) in [5.41, 5.74) is 0.652. The summed E-state index contributed by atoms with van der Waals surface area (Å²) in [4.78, 5) is 12.3. The van der Waals surface area contributed by atoms with Gasteiger partial charge in [0.25, 0.3) is 0 Å². The van der Waals surface area contributed by atoms with Crippen molar-refractivity contribution in [2.75, 3.05) is 12.3 Å². The van der Waals surface area contributed by atoms with Gasteiger partial charge in [-0.05, 0) is 17.7 Å². The summed E-state index contributed by atoms with van der Waals surface area (Å²) in [5, 5.41) is -0.0770. The third-order valence-electron chi connectivity index (χ3n) is 2.47. The number of thioether (sulfide) groups is 1. The molecule has 1 aromatic carbocycles. The lowest BCUT2D eigenvalue weighted by Crippen LogP contribution is -2.37. The molecule has 2 rings (SSSR count). The highest BCUT2D eigenvalue weighted by Gasteiger charge is 2.40. The van der Waals surface area contributed by atoms with Gasteiger partial charge in [-0.1, -0.05) is 23.7 Å². The Labute approximate surface area is 111 Å². The second-order valence-electron chi connectivity index (χ2n) is 3.85. The number of rotatable bonds is 2. The molecule has 1 saturated heterocycles. The number of nitrogens with zero attached hydrogens (tertiary/aromatic N) is 1. The van der Waals surface area contributed by atoms with E-state index in [1.54, 1.807) is 24.3 Å². The Hall–Kier alpha value is -0.880. The summed E-state index contributed by atoms with van der Waals surface area (Å²) in [6.07, 6.45) is -4.38. The van der Waals surface area contributed by atoms with Crippen LogP contribution in [0, 0.1) is 0 Å². The van der Waals surface area contributed by atoms with Crippen LogP contribution in [0.2, 0.25) is 5.02 Å². The molecular formula is C11H9ClF3NOS. The summed E-state index contributed by atoms with van der Waals surface area (Å²) in [6.45, 7) is -1.22. The van der Waals surface area contributed by atoms with Crippen molar-refractivity contribution in [3.8, 4) is 0 Å². The van der Waals surface area contributed by atoms with E-state index >= 15 is 0 Å². The zero-order valence-electron chi connectivity index (χ0n) is 9.08. The number of hydrogen-bond acceptors (Lipinski definition) is 2. The van der Waals surface area contributed by atoms with Gasteiger partial charge in [-0.15, -0.1) is 11.8 Å². The molecule has 1 fully saturated rings. The molecule has 0 radical (unpaired) electrons. The quantitative estimate of drug-likeness (QED) is 0.832. The predicted octanol–water partition coefficient (Wildman–Crippen LogP) is 3.48. The molecule has 0 aliphatic carbocycles. The van der Waals surface area contributed by atoms with Crippen LogP contribution < -0.4 is 0 Å². The average Bonchev–Trinajstić information content (AvgIpc) is 2.60. The van der Waals surface area contributed by atoms with Gasteiger partial charge in [0, 0.05) is 5.02 Å². The monoisotopic (exact) mass is 295 g/mol. The van der Waals surface area contributed by atoms with Crippen molar-refractivity contribution in [3.05, 3.63) is 34.9 Å². The van der Waals surface area contributed by atoms with Crippen LogP contribution in [0.15, 0.2) is 24.3 Å². The van der Waals surface area contributed by atoms with Crippen LogP contribution in [0.4, 0.5) is 13.2 Å². The number of halogens is 4. The van der Waals surface area contributed by atoms with Crippen molar-refractivity contribution in [1.82, 2.24) is 4.90 Å². The SMILES string of the molecule is O=C1CS[C@H](c2ccc(Cl)cc2)N1CC(F)(F)F. The molecular weight excluding hydrogens is 287 g/mol. The standard InChI is InChI=1S/C11H9ClF3NOS/c12-8-3-1-7(2-4-8)10-16(6-11(13,14)15)9(17)5-18-10/h1-4,10H,5-6H2/t10-/m1/s1. The summed E-state index contributed by atoms with van der Waals surface area (Å²) in [6, 6.07) is 6.49. The first-order valence-corrected chi connectivity index (χ1v) is 6.53. The molecule has 0 unspecified atom stereocenters. The second kappa shape index (κ2) is 5.01. The lowest BCUT2D eigenvalue weighted by Gasteiger charge is -2.25. The molecule has 1 amide bonds. The van der Waals surface area contributed by atoms with E-state index in [9.17, 15) is 18.0 Å². The Morgan fingerprint density at radius 1 is 1.33 bits per heavy atom. The van der Waals surface area contributed by atoms with Crippen molar-refractivity contribution in [1.29, 1.82) is 0 Å². The number of amides is 1. The molecule has 0 aromatic heterocycles. The number of benzene rings is 1. The van der Waals surface area contributed by atoms with Crippen molar-refractivity contribution >= 4 is 29.3 Å². The lowest BCUT2D eigenvalue weighted by molar-refractivity contribution is -0.159. The molecule has 1 aliphatic heterocycles. The Bertz CT molecular complexity index is 449. The summed E-state index contributed by atoms with van der Waals surface area (Å²) in [7, 11) is 0. The topological polar surface area (TPSA) is 20.3 Å². The van der Waals surface area contributed by atoms with Gasteiger partial charge in [-0.2, -0.15) is 13.2 Å². The number of hydrogen-bond donors (Lipinski definition) is 0. The third-order valence-corrected chi connectivity index (χ3v) is 3.98. The number of carbonyl (C=O) groups is 1. The molecule has 1 heterocycles. The molecule has 1 atom stereocenters. The van der Waals surface area contributed by atoms with Gasteiger partial charge in [0.2, 0.25) is 5.91 Å². The van der Waals surface area contributed by atoms with Gasteiger partial charge in [0.1, 0.15) is 11.9 Å². The maximum Gasteiger partial charge on any atom is 0.406 e. The normalized spacial score (nSPS) is 20.6. The van der Waals surface area contributed by atoms with Gasteiger partial charge >= 0.3 is 6.18 Å². The third kappa shape index (κ3) is 3.11. The first-order chi connectivity index (χ1) is 8.37. The first kappa shape index (κ1) is 13.5. The van der Waals surface area contributed by atoms with Crippen LogP contribution in [0.25, 0.3) is 0 Å². The summed E-state index contributed by atoms with van der Waals surface area (Å²) >= 11 is 6.91.